The van der Waals surface area contributed by atoms with Crippen LogP contribution in [-0.4, -0.2) is 33.0 Å². The number of ether oxygens (including phenoxy) is 3. The lowest BCUT2D eigenvalue weighted by atomic mass is 10.1. The van der Waals surface area contributed by atoms with Crippen LogP contribution in [0.15, 0.2) is 18.2 Å². The Morgan fingerprint density at radius 3 is 3.00 bits per heavy atom. The number of rotatable bonds is 6. The second kappa shape index (κ2) is 6.61. The Morgan fingerprint density at radius 2 is 2.33 bits per heavy atom. The molecule has 1 N–H and O–H groups in total. The van der Waals surface area contributed by atoms with Crippen molar-refractivity contribution in [2.24, 2.45) is 0 Å². The minimum Gasteiger partial charge on any atom is -0.490 e. The molecule has 0 aliphatic carbocycles. The van der Waals surface area contributed by atoms with Gasteiger partial charge in [-0.15, -0.1) is 0 Å². The lowest BCUT2D eigenvalue weighted by Gasteiger charge is -2.19. The first kappa shape index (κ1) is 13.2. The highest BCUT2D eigenvalue weighted by molar-refractivity contribution is 5.46. The molecule has 1 aliphatic rings. The van der Waals surface area contributed by atoms with Crippen LogP contribution in [0.25, 0.3) is 0 Å². The van der Waals surface area contributed by atoms with Crippen molar-refractivity contribution in [2.75, 3.05) is 26.9 Å². The monoisotopic (exact) mass is 251 g/mol. The van der Waals surface area contributed by atoms with Crippen molar-refractivity contribution in [3.8, 4) is 11.5 Å². The standard InChI is InChI=1S/C14H21NO3/c1-3-17-13-6-4-5-11(9-15-2)14(13)18-12-7-8-16-10-12/h4-6,12,15H,3,7-10H2,1-2H3. The van der Waals surface area contributed by atoms with Gasteiger partial charge in [-0.05, 0) is 20.0 Å². The van der Waals surface area contributed by atoms with E-state index in [1.54, 1.807) is 0 Å². The molecule has 0 aromatic heterocycles. The maximum atomic E-state index is 6.05. The third-order valence-electron chi connectivity index (χ3n) is 2.90. The Labute approximate surface area is 108 Å². The topological polar surface area (TPSA) is 39.7 Å². The van der Waals surface area contributed by atoms with Crippen LogP contribution in [0.2, 0.25) is 0 Å². The van der Waals surface area contributed by atoms with Crippen molar-refractivity contribution in [2.45, 2.75) is 26.0 Å². The van der Waals surface area contributed by atoms with Crippen LogP contribution >= 0.6 is 0 Å². The molecule has 0 bridgehead atoms. The molecule has 0 spiro atoms. The van der Waals surface area contributed by atoms with Crippen LogP contribution in [0, 0.1) is 0 Å². The molecule has 4 nitrogen and oxygen atoms in total. The largest absolute Gasteiger partial charge is 0.490 e. The first-order valence-electron chi connectivity index (χ1n) is 6.48. The van der Waals surface area contributed by atoms with Crippen LogP contribution in [-0.2, 0) is 11.3 Å². The van der Waals surface area contributed by atoms with E-state index in [1.165, 1.54) is 0 Å². The zero-order valence-corrected chi connectivity index (χ0v) is 11.1. The van der Waals surface area contributed by atoms with Gasteiger partial charge in [0.2, 0.25) is 0 Å². The summed E-state index contributed by atoms with van der Waals surface area (Å²) in [5, 5.41) is 3.15. The molecule has 1 unspecified atom stereocenters. The smallest absolute Gasteiger partial charge is 0.166 e. The lowest BCUT2D eigenvalue weighted by molar-refractivity contribution is 0.137. The van der Waals surface area contributed by atoms with E-state index in [9.17, 15) is 0 Å². The van der Waals surface area contributed by atoms with E-state index in [-0.39, 0.29) is 6.10 Å². The van der Waals surface area contributed by atoms with E-state index in [0.29, 0.717) is 13.2 Å². The molecule has 100 valence electrons. The van der Waals surface area contributed by atoms with Crippen molar-refractivity contribution >= 4 is 0 Å². The maximum absolute atomic E-state index is 6.05. The Hall–Kier alpha value is -1.26. The molecule has 1 aromatic carbocycles. The van der Waals surface area contributed by atoms with Crippen molar-refractivity contribution in [3.05, 3.63) is 23.8 Å². The highest BCUT2D eigenvalue weighted by Crippen LogP contribution is 2.33. The van der Waals surface area contributed by atoms with Gasteiger partial charge in [0.1, 0.15) is 6.10 Å². The Kier molecular flexibility index (Phi) is 4.84. The number of nitrogens with one attached hydrogen (secondary N) is 1. The zero-order valence-electron chi connectivity index (χ0n) is 11.1. The molecule has 2 rings (SSSR count). The molecule has 0 radical (unpaired) electrons. The van der Waals surface area contributed by atoms with Crippen molar-refractivity contribution < 1.29 is 14.2 Å². The quantitative estimate of drug-likeness (QED) is 0.839. The van der Waals surface area contributed by atoms with E-state index in [2.05, 4.69) is 11.4 Å². The van der Waals surface area contributed by atoms with Crippen molar-refractivity contribution in [1.29, 1.82) is 0 Å². The van der Waals surface area contributed by atoms with E-state index >= 15 is 0 Å². The fraction of sp³-hybridized carbons (Fsp3) is 0.571. The molecule has 18 heavy (non-hydrogen) atoms. The van der Waals surface area contributed by atoms with Crippen LogP contribution in [0.1, 0.15) is 18.9 Å². The summed E-state index contributed by atoms with van der Waals surface area (Å²) in [6.07, 6.45) is 1.08. The van der Waals surface area contributed by atoms with Crippen LogP contribution in [0.3, 0.4) is 0 Å². The second-order valence-corrected chi connectivity index (χ2v) is 4.31. The molecule has 0 amide bonds. The van der Waals surface area contributed by atoms with Gasteiger partial charge in [0.25, 0.3) is 0 Å². The fourth-order valence-electron chi connectivity index (χ4n) is 2.07. The SMILES string of the molecule is CCOc1cccc(CNC)c1OC1CCOC1. The molecule has 1 aromatic rings. The van der Waals surface area contributed by atoms with Gasteiger partial charge in [0.05, 0.1) is 19.8 Å². The van der Waals surface area contributed by atoms with Crippen molar-refractivity contribution in [3.63, 3.8) is 0 Å². The van der Waals surface area contributed by atoms with Gasteiger partial charge in [-0.25, -0.2) is 0 Å². The molecule has 1 atom stereocenters. The molecule has 1 aliphatic heterocycles. The summed E-state index contributed by atoms with van der Waals surface area (Å²) in [5.41, 5.74) is 1.12. The van der Waals surface area contributed by atoms with Gasteiger partial charge in [0, 0.05) is 18.5 Å². The van der Waals surface area contributed by atoms with Gasteiger partial charge >= 0.3 is 0 Å². The minimum atomic E-state index is 0.141. The maximum Gasteiger partial charge on any atom is 0.166 e. The third-order valence-corrected chi connectivity index (χ3v) is 2.90. The molecule has 1 heterocycles. The highest BCUT2D eigenvalue weighted by Gasteiger charge is 2.20. The second-order valence-electron chi connectivity index (χ2n) is 4.31. The van der Waals surface area contributed by atoms with E-state index in [4.69, 9.17) is 14.2 Å². The molecular weight excluding hydrogens is 230 g/mol. The average molecular weight is 251 g/mol. The number of hydrogen-bond acceptors (Lipinski definition) is 4. The molecule has 1 fully saturated rings. The number of benzene rings is 1. The number of hydrogen-bond donors (Lipinski definition) is 1. The van der Waals surface area contributed by atoms with Gasteiger partial charge in [-0.1, -0.05) is 12.1 Å². The number of para-hydroxylation sites is 1. The third kappa shape index (κ3) is 3.15. The molecule has 0 saturated carbocycles. The summed E-state index contributed by atoms with van der Waals surface area (Å²) in [5.74, 6) is 1.67. The van der Waals surface area contributed by atoms with Crippen LogP contribution < -0.4 is 14.8 Å². The van der Waals surface area contributed by atoms with Gasteiger partial charge in [-0.3, -0.25) is 0 Å². The van der Waals surface area contributed by atoms with Gasteiger partial charge in [-0.2, -0.15) is 0 Å². The Bertz CT molecular complexity index is 351. The molecular formula is C14H21NO3. The van der Waals surface area contributed by atoms with Crippen molar-refractivity contribution in [1.82, 2.24) is 5.32 Å². The summed E-state index contributed by atoms with van der Waals surface area (Å²) < 4.78 is 17.0. The zero-order chi connectivity index (χ0) is 12.8. The summed E-state index contributed by atoms with van der Waals surface area (Å²) in [6.45, 7) is 4.83. The molecule has 4 heteroatoms. The highest BCUT2D eigenvalue weighted by atomic mass is 16.6. The van der Waals surface area contributed by atoms with Gasteiger partial charge in [0.15, 0.2) is 11.5 Å². The normalized spacial score (nSPS) is 18.9. The summed E-state index contributed by atoms with van der Waals surface area (Å²) >= 11 is 0. The minimum absolute atomic E-state index is 0.141. The first-order chi connectivity index (χ1) is 8.85. The predicted octanol–water partition coefficient (Wildman–Crippen LogP) is 1.97. The summed E-state index contributed by atoms with van der Waals surface area (Å²) in [6, 6.07) is 6.01. The summed E-state index contributed by atoms with van der Waals surface area (Å²) in [4.78, 5) is 0. The van der Waals surface area contributed by atoms with Crippen LogP contribution in [0.4, 0.5) is 0 Å². The van der Waals surface area contributed by atoms with Gasteiger partial charge < -0.3 is 19.5 Å². The fourth-order valence-corrected chi connectivity index (χ4v) is 2.07. The predicted molar refractivity (Wildman–Crippen MR) is 70.2 cm³/mol. The summed E-state index contributed by atoms with van der Waals surface area (Å²) in [7, 11) is 1.93. The average Bonchev–Trinajstić information content (AvgIpc) is 2.87. The van der Waals surface area contributed by atoms with E-state index in [1.807, 2.05) is 26.1 Å². The molecule has 1 saturated heterocycles. The van der Waals surface area contributed by atoms with E-state index in [0.717, 1.165) is 36.6 Å². The van der Waals surface area contributed by atoms with Crippen LogP contribution in [0.5, 0.6) is 11.5 Å². The Balaban J connectivity index is 2.20. The van der Waals surface area contributed by atoms with E-state index < -0.39 is 0 Å². The first-order valence-corrected chi connectivity index (χ1v) is 6.48. The Morgan fingerprint density at radius 1 is 1.44 bits per heavy atom. The lowest BCUT2D eigenvalue weighted by Crippen LogP contribution is -2.18.